The van der Waals surface area contributed by atoms with Gasteiger partial charge in [0, 0.05) is 18.2 Å². The van der Waals surface area contributed by atoms with Crippen LogP contribution in [0.4, 0.5) is 10.5 Å². The number of aliphatic hydroxyl groups excluding tert-OH is 2. The maximum atomic E-state index is 11.7. The van der Waals surface area contributed by atoms with Gasteiger partial charge in [-0.3, -0.25) is 14.9 Å². The van der Waals surface area contributed by atoms with E-state index in [2.05, 4.69) is 5.32 Å². The zero-order valence-electron chi connectivity index (χ0n) is 15.8. The van der Waals surface area contributed by atoms with Crippen LogP contribution in [0.2, 0.25) is 0 Å². The fraction of sp³-hybridized carbons (Fsp3) is 0.300. The molecule has 9 nitrogen and oxygen atoms in total. The number of aliphatic hydroxyl groups is 2. The Kier molecular flexibility index (Phi) is 7.81. The number of carbonyl (C=O) groups is 2. The van der Waals surface area contributed by atoms with E-state index in [-0.39, 0.29) is 36.5 Å². The van der Waals surface area contributed by atoms with Crippen molar-refractivity contribution in [3.05, 3.63) is 75.3 Å². The molecule has 0 heterocycles. The van der Waals surface area contributed by atoms with E-state index in [9.17, 15) is 29.9 Å². The van der Waals surface area contributed by atoms with Crippen LogP contribution in [0.3, 0.4) is 0 Å². The van der Waals surface area contributed by atoms with Crippen molar-refractivity contribution in [2.45, 2.75) is 32.2 Å². The van der Waals surface area contributed by atoms with Crippen LogP contribution >= 0.6 is 0 Å². The van der Waals surface area contributed by atoms with Gasteiger partial charge in [-0.25, -0.2) is 4.79 Å². The molecule has 0 bridgehead atoms. The predicted octanol–water partition coefficient (Wildman–Crippen LogP) is 2.51. The second-order valence-corrected chi connectivity index (χ2v) is 6.38. The number of carbonyl (C=O) groups excluding carboxylic acids is 2. The molecule has 9 heteroatoms. The fourth-order valence-electron chi connectivity index (χ4n) is 2.63. The Morgan fingerprint density at radius 3 is 2.48 bits per heavy atom. The maximum absolute atomic E-state index is 11.7. The minimum Gasteiger partial charge on any atom is -0.445 e. The number of Topliss-reactive ketones (excluding diaryl/α,β-unsaturated/α-hetero) is 1. The SMILES string of the molecule is CC(=O)c1ccc(C(O)C(O)CCNC(=O)OCc2ccccc2)c([N+](=O)[O-])c1. The van der Waals surface area contributed by atoms with E-state index in [0.717, 1.165) is 11.6 Å². The van der Waals surface area contributed by atoms with Gasteiger partial charge < -0.3 is 20.3 Å². The highest BCUT2D eigenvalue weighted by Crippen LogP contribution is 2.29. The number of ether oxygens (including phenoxy) is 1. The van der Waals surface area contributed by atoms with E-state index in [4.69, 9.17) is 4.74 Å². The monoisotopic (exact) mass is 402 g/mol. The lowest BCUT2D eigenvalue weighted by Crippen LogP contribution is -2.30. The number of nitro groups is 1. The number of amides is 1. The van der Waals surface area contributed by atoms with Crippen molar-refractivity contribution in [1.82, 2.24) is 5.32 Å². The fourth-order valence-corrected chi connectivity index (χ4v) is 2.63. The number of nitro benzene ring substituents is 1. The van der Waals surface area contributed by atoms with E-state index in [0.29, 0.717) is 0 Å². The lowest BCUT2D eigenvalue weighted by Gasteiger charge is -2.18. The lowest BCUT2D eigenvalue weighted by atomic mass is 9.98. The zero-order chi connectivity index (χ0) is 21.4. The van der Waals surface area contributed by atoms with Crippen LogP contribution in [0.1, 0.15) is 40.9 Å². The van der Waals surface area contributed by atoms with Crippen LogP contribution in [-0.2, 0) is 11.3 Å². The molecule has 3 N–H and O–H groups in total. The van der Waals surface area contributed by atoms with Crippen LogP contribution in [-0.4, -0.2) is 39.7 Å². The summed E-state index contributed by atoms with van der Waals surface area (Å²) in [6.07, 6.45) is -3.68. The molecule has 0 aliphatic carbocycles. The first-order valence-corrected chi connectivity index (χ1v) is 8.89. The molecule has 29 heavy (non-hydrogen) atoms. The summed E-state index contributed by atoms with van der Waals surface area (Å²) in [5, 5.41) is 34.1. The van der Waals surface area contributed by atoms with Crippen molar-refractivity contribution in [2.24, 2.45) is 0 Å². The molecule has 0 aliphatic heterocycles. The molecular formula is C20H22N2O7. The molecule has 0 aliphatic rings. The minimum atomic E-state index is -1.56. The molecule has 2 rings (SSSR count). The lowest BCUT2D eigenvalue weighted by molar-refractivity contribution is -0.386. The summed E-state index contributed by atoms with van der Waals surface area (Å²) in [7, 11) is 0. The molecule has 1 amide bonds. The van der Waals surface area contributed by atoms with Crippen molar-refractivity contribution in [2.75, 3.05) is 6.54 Å². The Morgan fingerprint density at radius 2 is 1.86 bits per heavy atom. The number of rotatable bonds is 9. The zero-order valence-corrected chi connectivity index (χ0v) is 15.8. The molecule has 0 saturated carbocycles. The van der Waals surface area contributed by atoms with Crippen LogP contribution in [0.5, 0.6) is 0 Å². The van der Waals surface area contributed by atoms with Gasteiger partial charge in [-0.1, -0.05) is 36.4 Å². The average molecular weight is 402 g/mol. The van der Waals surface area contributed by atoms with Crippen LogP contribution in [0.15, 0.2) is 48.5 Å². The Balaban J connectivity index is 1.88. The molecular weight excluding hydrogens is 380 g/mol. The average Bonchev–Trinajstić information content (AvgIpc) is 2.71. The summed E-state index contributed by atoms with van der Waals surface area (Å²) < 4.78 is 5.03. The molecule has 2 aromatic carbocycles. The van der Waals surface area contributed by atoms with Crippen molar-refractivity contribution in [3.8, 4) is 0 Å². The minimum absolute atomic E-state index is 0.00875. The van der Waals surface area contributed by atoms with E-state index in [1.807, 2.05) is 18.2 Å². The second kappa shape index (κ2) is 10.3. The van der Waals surface area contributed by atoms with E-state index < -0.39 is 28.9 Å². The standard InChI is InChI=1S/C20H22N2O7/c1-13(23)15-7-8-16(17(11-15)22(27)28)19(25)18(24)9-10-21-20(26)29-12-14-5-3-2-4-6-14/h2-8,11,18-19,24-25H,9-10,12H2,1H3,(H,21,26). The number of alkyl carbamates (subject to hydrolysis) is 1. The van der Waals surface area contributed by atoms with Gasteiger partial charge in [0.05, 0.1) is 16.6 Å². The van der Waals surface area contributed by atoms with Gasteiger partial charge in [0.2, 0.25) is 0 Å². The van der Waals surface area contributed by atoms with E-state index >= 15 is 0 Å². The van der Waals surface area contributed by atoms with E-state index in [1.165, 1.54) is 19.1 Å². The Morgan fingerprint density at radius 1 is 1.17 bits per heavy atom. The van der Waals surface area contributed by atoms with Gasteiger partial charge in [-0.15, -0.1) is 0 Å². The molecule has 0 fully saturated rings. The maximum Gasteiger partial charge on any atom is 0.407 e. The molecule has 2 unspecified atom stereocenters. The number of nitrogens with zero attached hydrogens (tertiary/aromatic N) is 1. The van der Waals surface area contributed by atoms with E-state index in [1.54, 1.807) is 12.1 Å². The van der Waals surface area contributed by atoms with Gasteiger partial charge >= 0.3 is 6.09 Å². The first-order valence-electron chi connectivity index (χ1n) is 8.89. The predicted molar refractivity (Wildman–Crippen MR) is 103 cm³/mol. The number of benzene rings is 2. The van der Waals surface area contributed by atoms with Gasteiger partial charge in [0.1, 0.15) is 12.7 Å². The summed E-state index contributed by atoms with van der Waals surface area (Å²) in [5.41, 5.74) is 0.378. The third-order valence-corrected chi connectivity index (χ3v) is 4.24. The Labute approximate surface area is 167 Å². The van der Waals surface area contributed by atoms with Gasteiger partial charge in [0.25, 0.3) is 5.69 Å². The topological polar surface area (TPSA) is 139 Å². The summed E-state index contributed by atoms with van der Waals surface area (Å²) in [5.74, 6) is -0.354. The van der Waals surface area contributed by atoms with Gasteiger partial charge in [-0.05, 0) is 25.0 Å². The molecule has 2 aromatic rings. The van der Waals surface area contributed by atoms with Crippen molar-refractivity contribution in [3.63, 3.8) is 0 Å². The second-order valence-electron chi connectivity index (χ2n) is 6.38. The summed E-state index contributed by atoms with van der Waals surface area (Å²) >= 11 is 0. The van der Waals surface area contributed by atoms with Crippen LogP contribution in [0, 0.1) is 10.1 Å². The van der Waals surface area contributed by atoms with Crippen molar-refractivity contribution < 1.29 is 29.5 Å². The molecule has 0 aromatic heterocycles. The molecule has 0 saturated heterocycles. The summed E-state index contributed by atoms with van der Waals surface area (Å²) in [4.78, 5) is 33.6. The van der Waals surface area contributed by atoms with Gasteiger partial charge in [-0.2, -0.15) is 0 Å². The molecule has 154 valence electrons. The highest BCUT2D eigenvalue weighted by atomic mass is 16.6. The number of hydrogen-bond acceptors (Lipinski definition) is 7. The highest BCUT2D eigenvalue weighted by Gasteiger charge is 2.27. The van der Waals surface area contributed by atoms with Gasteiger partial charge in [0.15, 0.2) is 5.78 Å². The van der Waals surface area contributed by atoms with Crippen molar-refractivity contribution in [1.29, 1.82) is 0 Å². The smallest absolute Gasteiger partial charge is 0.407 e. The summed E-state index contributed by atoms with van der Waals surface area (Å²) in [6, 6.07) is 12.7. The van der Waals surface area contributed by atoms with Crippen molar-refractivity contribution >= 4 is 17.6 Å². The summed E-state index contributed by atoms with van der Waals surface area (Å²) in [6.45, 7) is 1.35. The third kappa shape index (κ3) is 6.37. The molecule has 0 spiro atoms. The Bertz CT molecular complexity index is 870. The van der Waals surface area contributed by atoms with Crippen LogP contribution in [0.25, 0.3) is 0 Å². The number of ketones is 1. The number of nitrogens with one attached hydrogen (secondary N) is 1. The first kappa shape index (κ1) is 22.0. The third-order valence-electron chi connectivity index (χ3n) is 4.24. The molecule has 2 atom stereocenters. The highest BCUT2D eigenvalue weighted by molar-refractivity contribution is 5.94. The molecule has 0 radical (unpaired) electrons. The largest absolute Gasteiger partial charge is 0.445 e. The van der Waals surface area contributed by atoms with Crippen LogP contribution < -0.4 is 5.32 Å². The number of hydrogen-bond donors (Lipinski definition) is 3. The quantitative estimate of drug-likeness (QED) is 0.333. The Hall–Kier alpha value is -3.30. The first-order chi connectivity index (χ1) is 13.8. The normalized spacial score (nSPS) is 12.7.